The zero-order chi connectivity index (χ0) is 14.7. The third-order valence-electron chi connectivity index (χ3n) is 4.59. The fourth-order valence-electron chi connectivity index (χ4n) is 3.59. The van der Waals surface area contributed by atoms with Crippen molar-refractivity contribution in [3.8, 4) is 11.8 Å². The van der Waals surface area contributed by atoms with Crippen LogP contribution in [0.3, 0.4) is 0 Å². The molecule has 0 saturated carbocycles. The molecule has 1 aromatic carbocycles. The number of hydrogen-bond donors (Lipinski definition) is 1. The molecule has 2 aliphatic heterocycles. The van der Waals surface area contributed by atoms with Gasteiger partial charge in [-0.15, -0.1) is 11.8 Å². The summed E-state index contributed by atoms with van der Waals surface area (Å²) < 4.78 is 5.71. The Morgan fingerprint density at radius 3 is 2.52 bits per heavy atom. The summed E-state index contributed by atoms with van der Waals surface area (Å²) >= 11 is 0. The van der Waals surface area contributed by atoms with Crippen molar-refractivity contribution in [2.24, 2.45) is 0 Å². The largest absolute Gasteiger partial charge is 0.389 e. The van der Waals surface area contributed by atoms with Crippen LogP contribution in [0.1, 0.15) is 31.7 Å². The Balaban J connectivity index is 1.74. The fraction of sp³-hybridized carbons (Fsp3) is 0.556. The fourth-order valence-corrected chi connectivity index (χ4v) is 3.59. The number of hydrogen-bond acceptors (Lipinski definition) is 3. The topological polar surface area (TPSA) is 32.7 Å². The Hall–Kier alpha value is -1.34. The first-order valence-corrected chi connectivity index (χ1v) is 7.70. The van der Waals surface area contributed by atoms with E-state index < -0.39 is 5.60 Å². The highest BCUT2D eigenvalue weighted by molar-refractivity contribution is 5.16. The van der Waals surface area contributed by atoms with Crippen LogP contribution in [0.5, 0.6) is 0 Å². The van der Waals surface area contributed by atoms with Gasteiger partial charge in [0.05, 0.1) is 18.8 Å². The Bertz CT molecular complexity index is 517. The number of fused-ring (bicyclic) bond motifs is 2. The molecule has 2 unspecified atom stereocenters. The first-order valence-electron chi connectivity index (χ1n) is 7.70. The van der Waals surface area contributed by atoms with E-state index in [1.165, 1.54) is 5.56 Å². The predicted molar refractivity (Wildman–Crippen MR) is 82.6 cm³/mol. The van der Waals surface area contributed by atoms with Gasteiger partial charge in [0.25, 0.3) is 0 Å². The zero-order valence-corrected chi connectivity index (χ0v) is 12.6. The summed E-state index contributed by atoms with van der Waals surface area (Å²) in [5, 5.41) is 10.8. The average Bonchev–Trinajstić information content (AvgIpc) is 2.48. The quantitative estimate of drug-likeness (QED) is 0.864. The number of rotatable bonds is 3. The van der Waals surface area contributed by atoms with E-state index in [9.17, 15) is 5.11 Å². The van der Waals surface area contributed by atoms with Gasteiger partial charge in [0, 0.05) is 25.0 Å². The van der Waals surface area contributed by atoms with Gasteiger partial charge in [0.1, 0.15) is 0 Å². The maximum atomic E-state index is 10.8. The summed E-state index contributed by atoms with van der Waals surface area (Å²) in [4.78, 5) is 2.51. The molecule has 2 fully saturated rings. The van der Waals surface area contributed by atoms with Gasteiger partial charge >= 0.3 is 0 Å². The second-order valence-electron chi connectivity index (χ2n) is 6.24. The van der Waals surface area contributed by atoms with E-state index in [1.54, 1.807) is 0 Å². The lowest BCUT2D eigenvalue weighted by Gasteiger charge is -2.51. The summed E-state index contributed by atoms with van der Waals surface area (Å²) in [7, 11) is 0. The number of benzene rings is 1. The van der Waals surface area contributed by atoms with E-state index in [2.05, 4.69) is 41.0 Å². The molecule has 112 valence electrons. The lowest BCUT2D eigenvalue weighted by Crippen LogP contribution is -2.61. The Morgan fingerprint density at radius 1 is 1.24 bits per heavy atom. The van der Waals surface area contributed by atoms with Gasteiger partial charge in [0.2, 0.25) is 0 Å². The molecule has 2 heterocycles. The molecule has 1 N–H and O–H groups in total. The standard InChI is InChI=1S/C18H23NO2/c1-2-3-9-18(20)10-16-13-21-14-17(11-18)19(16)12-15-7-5-4-6-8-15/h4-8,16-17,20H,9-14H2,1H3. The van der Waals surface area contributed by atoms with Gasteiger partial charge in [-0.1, -0.05) is 30.3 Å². The summed E-state index contributed by atoms with van der Waals surface area (Å²) in [5.41, 5.74) is 0.683. The molecule has 0 spiro atoms. The number of aliphatic hydroxyl groups is 1. The molecular formula is C18H23NO2. The molecular weight excluding hydrogens is 262 g/mol. The third kappa shape index (κ3) is 3.29. The highest BCUT2D eigenvalue weighted by Crippen LogP contribution is 2.37. The molecule has 2 bridgehead atoms. The SMILES string of the molecule is CC#CCC1(O)CC2COCC(C1)N2Cc1ccccc1. The van der Waals surface area contributed by atoms with Gasteiger partial charge in [-0.2, -0.15) is 0 Å². The molecule has 3 rings (SSSR count). The molecule has 2 saturated heterocycles. The molecule has 2 atom stereocenters. The first kappa shape index (κ1) is 14.6. The minimum Gasteiger partial charge on any atom is -0.389 e. The minimum atomic E-state index is -0.644. The smallest absolute Gasteiger partial charge is 0.0788 e. The summed E-state index contributed by atoms with van der Waals surface area (Å²) in [6, 6.07) is 11.1. The number of piperidine rings is 1. The van der Waals surface area contributed by atoms with Gasteiger partial charge in [-0.3, -0.25) is 4.90 Å². The average molecular weight is 285 g/mol. The molecule has 1 aromatic rings. The summed E-state index contributed by atoms with van der Waals surface area (Å²) in [6.45, 7) is 4.20. The van der Waals surface area contributed by atoms with Crippen LogP contribution in [0.2, 0.25) is 0 Å². The molecule has 0 aliphatic carbocycles. The zero-order valence-electron chi connectivity index (χ0n) is 12.6. The third-order valence-corrected chi connectivity index (χ3v) is 4.59. The second kappa shape index (κ2) is 6.19. The van der Waals surface area contributed by atoms with Gasteiger partial charge < -0.3 is 9.84 Å². The van der Waals surface area contributed by atoms with Gasteiger partial charge in [0.15, 0.2) is 0 Å². The monoisotopic (exact) mass is 285 g/mol. The Kier molecular flexibility index (Phi) is 4.30. The maximum absolute atomic E-state index is 10.8. The van der Waals surface area contributed by atoms with Crippen molar-refractivity contribution in [3.05, 3.63) is 35.9 Å². The van der Waals surface area contributed by atoms with Crippen LogP contribution >= 0.6 is 0 Å². The molecule has 0 aromatic heterocycles. The molecule has 3 nitrogen and oxygen atoms in total. The predicted octanol–water partition coefficient (Wildman–Crippen LogP) is 2.19. The van der Waals surface area contributed by atoms with E-state index in [-0.39, 0.29) is 0 Å². The Labute approximate surface area is 126 Å². The van der Waals surface area contributed by atoms with E-state index in [0.29, 0.717) is 31.7 Å². The van der Waals surface area contributed by atoms with Crippen LogP contribution < -0.4 is 0 Å². The van der Waals surface area contributed by atoms with Crippen LogP contribution in [0, 0.1) is 11.8 Å². The van der Waals surface area contributed by atoms with Crippen LogP contribution in [-0.4, -0.2) is 40.9 Å². The van der Waals surface area contributed by atoms with Crippen molar-refractivity contribution in [3.63, 3.8) is 0 Å². The number of nitrogens with zero attached hydrogens (tertiary/aromatic N) is 1. The van der Waals surface area contributed by atoms with E-state index in [0.717, 1.165) is 19.4 Å². The van der Waals surface area contributed by atoms with Crippen LogP contribution in [-0.2, 0) is 11.3 Å². The second-order valence-corrected chi connectivity index (χ2v) is 6.24. The lowest BCUT2D eigenvalue weighted by atomic mass is 9.79. The van der Waals surface area contributed by atoms with Crippen molar-refractivity contribution >= 4 is 0 Å². The maximum Gasteiger partial charge on any atom is 0.0788 e. The van der Waals surface area contributed by atoms with Crippen LogP contribution in [0.25, 0.3) is 0 Å². The van der Waals surface area contributed by atoms with Crippen molar-refractivity contribution in [1.29, 1.82) is 0 Å². The van der Waals surface area contributed by atoms with Crippen LogP contribution in [0.15, 0.2) is 30.3 Å². The van der Waals surface area contributed by atoms with Crippen LogP contribution in [0.4, 0.5) is 0 Å². The van der Waals surface area contributed by atoms with Crippen molar-refractivity contribution < 1.29 is 9.84 Å². The highest BCUT2D eigenvalue weighted by atomic mass is 16.5. The van der Waals surface area contributed by atoms with E-state index in [1.807, 2.05) is 13.0 Å². The number of morpholine rings is 1. The lowest BCUT2D eigenvalue weighted by molar-refractivity contribution is -0.144. The molecule has 3 heteroatoms. The highest BCUT2D eigenvalue weighted by Gasteiger charge is 2.45. The summed E-state index contributed by atoms with van der Waals surface area (Å²) in [5.74, 6) is 5.96. The molecule has 2 aliphatic rings. The van der Waals surface area contributed by atoms with Gasteiger partial charge in [-0.25, -0.2) is 0 Å². The Morgan fingerprint density at radius 2 is 1.90 bits per heavy atom. The molecule has 0 amide bonds. The van der Waals surface area contributed by atoms with Crippen molar-refractivity contribution in [2.75, 3.05) is 13.2 Å². The molecule has 21 heavy (non-hydrogen) atoms. The molecule has 0 radical (unpaired) electrons. The minimum absolute atomic E-state index is 0.293. The number of ether oxygens (including phenoxy) is 1. The normalized spacial score (nSPS) is 32.3. The summed E-state index contributed by atoms with van der Waals surface area (Å²) in [6.07, 6.45) is 2.09. The van der Waals surface area contributed by atoms with Gasteiger partial charge in [-0.05, 0) is 25.3 Å². The van der Waals surface area contributed by atoms with Crippen molar-refractivity contribution in [2.45, 2.75) is 50.4 Å². The first-order chi connectivity index (χ1) is 10.2. The van der Waals surface area contributed by atoms with Crippen molar-refractivity contribution in [1.82, 2.24) is 4.90 Å². The van der Waals surface area contributed by atoms with E-state index in [4.69, 9.17) is 4.74 Å². The van der Waals surface area contributed by atoms with E-state index >= 15 is 0 Å².